The molecular formula is C23H27ClF3N3O5S. The molecule has 3 rings (SSSR count). The molecule has 1 aromatic carbocycles. The van der Waals surface area contributed by atoms with E-state index < -0.39 is 56.2 Å². The molecule has 8 nitrogen and oxygen atoms in total. The van der Waals surface area contributed by atoms with E-state index in [4.69, 9.17) is 16.3 Å². The van der Waals surface area contributed by atoms with Gasteiger partial charge in [0.05, 0.1) is 21.2 Å². The fourth-order valence-corrected chi connectivity index (χ4v) is 6.10. The molecule has 0 unspecified atom stereocenters. The zero-order valence-corrected chi connectivity index (χ0v) is 21.7. The quantitative estimate of drug-likeness (QED) is 0.579. The van der Waals surface area contributed by atoms with Crippen molar-refractivity contribution in [1.82, 2.24) is 10.2 Å². The molecule has 3 atom stereocenters. The highest BCUT2D eigenvalue weighted by Crippen LogP contribution is 2.38. The first-order chi connectivity index (χ1) is 16.4. The van der Waals surface area contributed by atoms with Gasteiger partial charge >= 0.3 is 6.18 Å². The largest absolute Gasteiger partial charge is 0.481 e. The van der Waals surface area contributed by atoms with Crippen LogP contribution in [0.5, 0.6) is 5.75 Å². The van der Waals surface area contributed by atoms with Crippen LogP contribution in [0.15, 0.2) is 23.1 Å². The van der Waals surface area contributed by atoms with Crippen molar-refractivity contribution >= 4 is 33.3 Å². The maximum atomic E-state index is 13.5. The number of ether oxygens (including phenoxy) is 1. The molecule has 1 N–H and O–H groups in total. The van der Waals surface area contributed by atoms with Gasteiger partial charge in [-0.15, -0.1) is 0 Å². The second-order valence-corrected chi connectivity index (χ2v) is 12.8. The van der Waals surface area contributed by atoms with Gasteiger partial charge in [0, 0.05) is 18.0 Å². The smallest absolute Gasteiger partial charge is 0.425 e. The Morgan fingerprint density at radius 3 is 2.36 bits per heavy atom. The number of hydrogen-bond donors (Lipinski definition) is 1. The molecule has 0 radical (unpaired) electrons. The molecule has 0 aromatic heterocycles. The minimum absolute atomic E-state index is 0.225. The van der Waals surface area contributed by atoms with Crippen molar-refractivity contribution < 1.29 is 35.9 Å². The van der Waals surface area contributed by atoms with E-state index in [0.717, 1.165) is 25.1 Å². The predicted molar refractivity (Wildman–Crippen MR) is 124 cm³/mol. The molecule has 1 heterocycles. The highest BCUT2D eigenvalue weighted by Gasteiger charge is 2.51. The second-order valence-electron chi connectivity index (χ2n) is 10.2. The first kappa shape index (κ1) is 28.1. The van der Waals surface area contributed by atoms with E-state index in [2.05, 4.69) is 5.32 Å². The molecule has 0 bridgehead atoms. The SMILES string of the molecule is C[C@H](Oc1ccc(S(=O)(=O)[C@@H]2C[C@@H](C(=O)NC3(C#N)CC3)N(C(=O)C(C)(C)C)C2)c(Cl)c1)C(F)(F)F. The third-order valence-electron chi connectivity index (χ3n) is 6.22. The number of halogens is 4. The van der Waals surface area contributed by atoms with Crippen molar-refractivity contribution in [1.29, 1.82) is 5.26 Å². The molecule has 198 valence electrons. The molecule has 1 saturated carbocycles. The van der Waals surface area contributed by atoms with Crippen molar-refractivity contribution in [3.8, 4) is 11.8 Å². The summed E-state index contributed by atoms with van der Waals surface area (Å²) in [5.74, 6) is -1.30. The number of carbonyl (C=O) groups is 2. The van der Waals surface area contributed by atoms with Gasteiger partial charge in [-0.05, 0) is 38.3 Å². The van der Waals surface area contributed by atoms with E-state index >= 15 is 0 Å². The lowest BCUT2D eigenvalue weighted by Crippen LogP contribution is -2.51. The molecular weight excluding hydrogens is 523 g/mol. The van der Waals surface area contributed by atoms with E-state index in [0.29, 0.717) is 12.8 Å². The molecule has 36 heavy (non-hydrogen) atoms. The van der Waals surface area contributed by atoms with E-state index in [-0.39, 0.29) is 28.6 Å². The summed E-state index contributed by atoms with van der Waals surface area (Å²) >= 11 is 6.14. The Kier molecular flexibility index (Phi) is 7.34. The maximum Gasteiger partial charge on any atom is 0.425 e. The Morgan fingerprint density at radius 1 is 1.28 bits per heavy atom. The summed E-state index contributed by atoms with van der Waals surface area (Å²) < 4.78 is 70.1. The normalized spacial score (nSPS) is 22.5. The number of rotatable bonds is 6. The minimum Gasteiger partial charge on any atom is -0.481 e. The van der Waals surface area contributed by atoms with Gasteiger partial charge in [-0.1, -0.05) is 32.4 Å². The highest BCUT2D eigenvalue weighted by atomic mass is 35.5. The number of benzene rings is 1. The lowest BCUT2D eigenvalue weighted by molar-refractivity contribution is -0.189. The molecule has 2 fully saturated rings. The lowest BCUT2D eigenvalue weighted by atomic mass is 9.94. The van der Waals surface area contributed by atoms with E-state index in [1.807, 2.05) is 6.07 Å². The van der Waals surface area contributed by atoms with Crippen LogP contribution in [0.4, 0.5) is 13.2 Å². The first-order valence-corrected chi connectivity index (χ1v) is 13.1. The van der Waals surface area contributed by atoms with E-state index in [1.165, 1.54) is 4.90 Å². The van der Waals surface area contributed by atoms with Gasteiger partial charge in [0.15, 0.2) is 15.9 Å². The number of nitriles is 1. The molecule has 1 saturated heterocycles. The van der Waals surface area contributed by atoms with Crippen LogP contribution >= 0.6 is 11.6 Å². The second kappa shape index (κ2) is 9.41. The number of sulfone groups is 1. The van der Waals surface area contributed by atoms with Crippen LogP contribution in [0.1, 0.15) is 47.0 Å². The number of amides is 2. The van der Waals surface area contributed by atoms with Crippen LogP contribution in [0.2, 0.25) is 5.02 Å². The molecule has 1 aromatic rings. The summed E-state index contributed by atoms with van der Waals surface area (Å²) in [4.78, 5) is 27.0. The van der Waals surface area contributed by atoms with Crippen molar-refractivity contribution in [2.75, 3.05) is 6.54 Å². The average molecular weight is 550 g/mol. The van der Waals surface area contributed by atoms with Crippen molar-refractivity contribution in [3.63, 3.8) is 0 Å². The first-order valence-electron chi connectivity index (χ1n) is 11.2. The Morgan fingerprint density at radius 2 is 1.89 bits per heavy atom. The summed E-state index contributed by atoms with van der Waals surface area (Å²) in [6.45, 7) is 5.45. The van der Waals surface area contributed by atoms with Gasteiger partial charge < -0.3 is 15.0 Å². The summed E-state index contributed by atoms with van der Waals surface area (Å²) in [7, 11) is -4.20. The van der Waals surface area contributed by atoms with Crippen molar-refractivity contribution in [3.05, 3.63) is 23.2 Å². The van der Waals surface area contributed by atoms with Gasteiger partial charge in [-0.3, -0.25) is 9.59 Å². The van der Waals surface area contributed by atoms with Gasteiger partial charge in [0.1, 0.15) is 17.3 Å². The number of nitrogens with one attached hydrogen (secondary N) is 1. The molecule has 1 aliphatic carbocycles. The molecule has 0 spiro atoms. The minimum atomic E-state index is -4.62. The van der Waals surface area contributed by atoms with Gasteiger partial charge in [0.25, 0.3) is 0 Å². The van der Waals surface area contributed by atoms with Crippen molar-refractivity contribution in [2.24, 2.45) is 5.41 Å². The summed E-state index contributed by atoms with van der Waals surface area (Å²) in [6.07, 6.45) is -6.05. The third kappa shape index (κ3) is 5.72. The van der Waals surface area contributed by atoms with Crippen LogP contribution in [0, 0.1) is 16.7 Å². The lowest BCUT2D eigenvalue weighted by Gasteiger charge is -2.30. The van der Waals surface area contributed by atoms with Crippen LogP contribution in [-0.2, 0) is 19.4 Å². The van der Waals surface area contributed by atoms with E-state index in [1.54, 1.807) is 20.8 Å². The summed E-state index contributed by atoms with van der Waals surface area (Å²) in [6, 6.07) is 4.02. The summed E-state index contributed by atoms with van der Waals surface area (Å²) in [5, 5.41) is 10.4. The van der Waals surface area contributed by atoms with Crippen LogP contribution in [0.3, 0.4) is 0 Å². The Hall–Kier alpha value is -2.52. The van der Waals surface area contributed by atoms with Crippen molar-refractivity contribution in [2.45, 2.75) is 81.0 Å². The van der Waals surface area contributed by atoms with Crippen LogP contribution in [-0.4, -0.2) is 60.8 Å². The van der Waals surface area contributed by atoms with Gasteiger partial charge in [-0.25, -0.2) is 8.42 Å². The molecule has 13 heteroatoms. The van der Waals surface area contributed by atoms with E-state index in [9.17, 15) is 36.4 Å². The Bertz CT molecular complexity index is 1200. The zero-order chi connectivity index (χ0) is 27.3. The summed E-state index contributed by atoms with van der Waals surface area (Å²) in [5.41, 5.74) is -1.91. The van der Waals surface area contributed by atoms with Gasteiger partial charge in [0.2, 0.25) is 11.8 Å². The Balaban J connectivity index is 1.88. The number of alkyl halides is 3. The number of nitrogens with zero attached hydrogens (tertiary/aromatic N) is 2. The highest BCUT2D eigenvalue weighted by molar-refractivity contribution is 7.92. The fraction of sp³-hybridized carbons (Fsp3) is 0.609. The standard InChI is InChI=1S/C23H27ClF3N3O5S/c1-13(23(25,26)27)35-14-5-6-18(16(24)9-14)36(33,34)15-10-17(19(31)29-22(12-28)7-8-22)30(11-15)20(32)21(2,3)4/h5-6,9,13,15,17H,7-8,10-11H2,1-4H3,(H,29,31)/t13-,15+,17-/m0/s1. The monoisotopic (exact) mass is 549 g/mol. The molecule has 1 aliphatic heterocycles. The van der Waals surface area contributed by atoms with Crippen LogP contribution < -0.4 is 10.1 Å². The number of carbonyl (C=O) groups excluding carboxylic acids is 2. The van der Waals surface area contributed by atoms with Crippen LogP contribution in [0.25, 0.3) is 0 Å². The number of likely N-dealkylation sites (tertiary alicyclic amines) is 1. The fourth-order valence-electron chi connectivity index (χ4n) is 3.87. The maximum absolute atomic E-state index is 13.5. The zero-order valence-electron chi connectivity index (χ0n) is 20.1. The Labute approximate surface area is 212 Å². The molecule has 2 aliphatic rings. The average Bonchev–Trinajstić information content (AvgIpc) is 3.37. The molecule has 2 amide bonds. The topological polar surface area (TPSA) is 117 Å². The third-order valence-corrected chi connectivity index (χ3v) is 8.83. The van der Waals surface area contributed by atoms with Gasteiger partial charge in [-0.2, -0.15) is 18.4 Å². The number of hydrogen-bond acceptors (Lipinski definition) is 6. The predicted octanol–water partition coefficient (Wildman–Crippen LogP) is 3.63.